The number of rotatable bonds is 8. The molecule has 1 aliphatic carbocycles. The molecular formula is C22H28N2O5. The zero-order valence-electron chi connectivity index (χ0n) is 17.1. The van der Waals surface area contributed by atoms with Crippen LogP contribution < -0.4 is 14.8 Å². The predicted molar refractivity (Wildman–Crippen MR) is 108 cm³/mol. The molecule has 7 nitrogen and oxygen atoms in total. The summed E-state index contributed by atoms with van der Waals surface area (Å²) in [6.07, 6.45) is 6.05. The fourth-order valence-electron chi connectivity index (χ4n) is 3.40. The van der Waals surface area contributed by atoms with Crippen LogP contribution in [0.3, 0.4) is 0 Å². The van der Waals surface area contributed by atoms with Crippen molar-refractivity contribution in [2.45, 2.75) is 39.2 Å². The quantitative estimate of drug-likeness (QED) is 0.532. The van der Waals surface area contributed by atoms with Crippen LogP contribution in [0.4, 0.5) is 0 Å². The molecule has 0 spiro atoms. The summed E-state index contributed by atoms with van der Waals surface area (Å²) in [6, 6.07) is 7.07. The molecule has 2 rings (SSSR count). The third-order valence-corrected chi connectivity index (χ3v) is 5.29. The van der Waals surface area contributed by atoms with Gasteiger partial charge >= 0.3 is 5.97 Å². The molecule has 3 atom stereocenters. The van der Waals surface area contributed by atoms with E-state index in [4.69, 9.17) is 19.5 Å². The Labute approximate surface area is 171 Å². The molecule has 1 aromatic rings. The van der Waals surface area contributed by atoms with E-state index in [0.717, 1.165) is 12.8 Å². The van der Waals surface area contributed by atoms with Crippen LogP contribution in [0.5, 0.6) is 11.5 Å². The summed E-state index contributed by atoms with van der Waals surface area (Å²) < 4.78 is 15.5. The molecule has 0 bridgehead atoms. The second-order valence-electron chi connectivity index (χ2n) is 7.24. The van der Waals surface area contributed by atoms with E-state index in [1.807, 2.05) is 6.07 Å². The van der Waals surface area contributed by atoms with Gasteiger partial charge < -0.3 is 19.5 Å². The Morgan fingerprint density at radius 3 is 2.79 bits per heavy atom. The monoisotopic (exact) mass is 400 g/mol. The van der Waals surface area contributed by atoms with Gasteiger partial charge in [-0.05, 0) is 42.0 Å². The molecule has 0 saturated heterocycles. The number of ether oxygens (including phenoxy) is 3. The van der Waals surface area contributed by atoms with E-state index in [-0.39, 0.29) is 25.2 Å². The molecule has 0 aliphatic heterocycles. The van der Waals surface area contributed by atoms with Gasteiger partial charge in [0, 0.05) is 12.1 Å². The van der Waals surface area contributed by atoms with Gasteiger partial charge in [-0.2, -0.15) is 5.26 Å². The van der Waals surface area contributed by atoms with E-state index in [0.29, 0.717) is 28.9 Å². The number of esters is 1. The Kier molecular flexibility index (Phi) is 8.53. The van der Waals surface area contributed by atoms with Crippen LogP contribution in [0.2, 0.25) is 0 Å². The number of nitrogens with zero attached hydrogens (tertiary/aromatic N) is 1. The van der Waals surface area contributed by atoms with Gasteiger partial charge in [0.05, 0.1) is 7.11 Å². The first-order valence-corrected chi connectivity index (χ1v) is 9.76. The van der Waals surface area contributed by atoms with Crippen LogP contribution >= 0.6 is 0 Å². The fraction of sp³-hybridized carbons (Fsp3) is 0.500. The Bertz CT molecular complexity index is 784. The fourth-order valence-corrected chi connectivity index (χ4v) is 3.40. The van der Waals surface area contributed by atoms with Gasteiger partial charge in [-0.15, -0.1) is 0 Å². The van der Waals surface area contributed by atoms with E-state index in [9.17, 15) is 9.59 Å². The molecule has 0 heterocycles. The molecule has 29 heavy (non-hydrogen) atoms. The molecule has 0 aromatic heterocycles. The first-order chi connectivity index (χ1) is 13.9. The Balaban J connectivity index is 1.83. The van der Waals surface area contributed by atoms with Gasteiger partial charge in [0.1, 0.15) is 6.07 Å². The van der Waals surface area contributed by atoms with E-state index in [2.05, 4.69) is 19.2 Å². The Morgan fingerprint density at radius 2 is 2.07 bits per heavy atom. The molecule has 7 heteroatoms. The number of carbonyl (C=O) groups is 2. The second kappa shape index (κ2) is 11.1. The summed E-state index contributed by atoms with van der Waals surface area (Å²) in [5.41, 5.74) is 0.692. The molecule has 156 valence electrons. The van der Waals surface area contributed by atoms with E-state index in [1.165, 1.54) is 19.6 Å². The van der Waals surface area contributed by atoms with E-state index < -0.39 is 5.97 Å². The SMILES string of the molecule is COc1cc(/C=C/C(=O)OCC(=O)N[C@H]2CCC[C@H](C)[C@@H]2C)ccc1OCC#N. The summed E-state index contributed by atoms with van der Waals surface area (Å²) in [5, 5.41) is 11.6. The highest BCUT2D eigenvalue weighted by atomic mass is 16.5. The largest absolute Gasteiger partial charge is 0.493 e. The van der Waals surface area contributed by atoms with Gasteiger partial charge in [0.2, 0.25) is 0 Å². The average Bonchev–Trinajstić information content (AvgIpc) is 2.72. The molecule has 1 aromatic carbocycles. The third-order valence-electron chi connectivity index (χ3n) is 5.29. The van der Waals surface area contributed by atoms with Crippen LogP contribution in [-0.2, 0) is 14.3 Å². The highest BCUT2D eigenvalue weighted by Gasteiger charge is 2.28. The normalized spacial score (nSPS) is 21.2. The first kappa shape index (κ1) is 22.3. The van der Waals surface area contributed by atoms with Crippen molar-refractivity contribution in [2.75, 3.05) is 20.3 Å². The summed E-state index contributed by atoms with van der Waals surface area (Å²) in [4.78, 5) is 24.0. The number of hydrogen-bond donors (Lipinski definition) is 1. The number of hydrogen-bond acceptors (Lipinski definition) is 6. The highest BCUT2D eigenvalue weighted by Crippen LogP contribution is 2.29. The van der Waals surface area contributed by atoms with Crippen molar-refractivity contribution >= 4 is 18.0 Å². The highest BCUT2D eigenvalue weighted by molar-refractivity contribution is 5.89. The standard InChI is InChI=1S/C22H28N2O5/c1-15-5-4-6-18(16(15)2)24-21(25)14-29-22(26)10-8-17-7-9-19(28-12-11-23)20(13-17)27-3/h7-10,13,15-16,18H,4-6,12,14H2,1-3H3,(H,24,25)/b10-8+/t15-,16-,18-/m0/s1. The van der Waals surface area contributed by atoms with Crippen LogP contribution in [0.25, 0.3) is 6.08 Å². The molecular weight excluding hydrogens is 372 g/mol. The topological polar surface area (TPSA) is 97.7 Å². The minimum atomic E-state index is -0.603. The Hall–Kier alpha value is -3.01. The van der Waals surface area contributed by atoms with Crippen LogP contribution in [0.15, 0.2) is 24.3 Å². The van der Waals surface area contributed by atoms with Crippen molar-refractivity contribution in [1.82, 2.24) is 5.32 Å². The second-order valence-corrected chi connectivity index (χ2v) is 7.24. The van der Waals surface area contributed by atoms with Crippen LogP contribution in [0.1, 0.15) is 38.7 Å². The van der Waals surface area contributed by atoms with Gasteiger partial charge in [-0.3, -0.25) is 4.79 Å². The summed E-state index contributed by atoms with van der Waals surface area (Å²) in [5.74, 6) is 1.00. The van der Waals surface area contributed by atoms with Crippen molar-refractivity contribution in [3.05, 3.63) is 29.8 Å². The number of amides is 1. The van der Waals surface area contributed by atoms with Crippen LogP contribution in [0, 0.1) is 23.2 Å². The van der Waals surface area contributed by atoms with Crippen molar-refractivity contribution < 1.29 is 23.8 Å². The maximum absolute atomic E-state index is 12.1. The minimum absolute atomic E-state index is 0.0848. The summed E-state index contributed by atoms with van der Waals surface area (Å²) in [6.45, 7) is 3.96. The number of nitriles is 1. The number of nitrogens with one attached hydrogen (secondary N) is 1. The number of methoxy groups -OCH3 is 1. The minimum Gasteiger partial charge on any atom is -0.493 e. The van der Waals surface area contributed by atoms with Gasteiger partial charge in [-0.25, -0.2) is 4.79 Å². The Morgan fingerprint density at radius 1 is 1.28 bits per heavy atom. The summed E-state index contributed by atoms with van der Waals surface area (Å²) in [7, 11) is 1.49. The van der Waals surface area contributed by atoms with Gasteiger partial charge in [0.25, 0.3) is 5.91 Å². The van der Waals surface area contributed by atoms with Crippen molar-refractivity contribution in [2.24, 2.45) is 11.8 Å². The number of benzene rings is 1. The van der Waals surface area contributed by atoms with Gasteiger partial charge in [-0.1, -0.05) is 32.8 Å². The lowest BCUT2D eigenvalue weighted by Gasteiger charge is -2.34. The molecule has 1 N–H and O–H groups in total. The third kappa shape index (κ3) is 6.83. The lowest BCUT2D eigenvalue weighted by Crippen LogP contribution is -2.45. The summed E-state index contributed by atoms with van der Waals surface area (Å²) >= 11 is 0. The lowest BCUT2D eigenvalue weighted by molar-refractivity contribution is -0.144. The van der Waals surface area contributed by atoms with Crippen molar-refractivity contribution in [1.29, 1.82) is 5.26 Å². The molecule has 0 radical (unpaired) electrons. The molecule has 1 fully saturated rings. The van der Waals surface area contributed by atoms with Crippen LogP contribution in [-0.4, -0.2) is 38.2 Å². The predicted octanol–water partition coefficient (Wildman–Crippen LogP) is 3.09. The maximum atomic E-state index is 12.1. The smallest absolute Gasteiger partial charge is 0.331 e. The molecule has 1 amide bonds. The molecule has 1 aliphatic rings. The van der Waals surface area contributed by atoms with Gasteiger partial charge in [0.15, 0.2) is 24.7 Å². The molecule has 1 saturated carbocycles. The van der Waals surface area contributed by atoms with E-state index in [1.54, 1.807) is 24.3 Å². The maximum Gasteiger partial charge on any atom is 0.331 e. The zero-order valence-corrected chi connectivity index (χ0v) is 17.1. The number of carbonyl (C=O) groups excluding carboxylic acids is 2. The lowest BCUT2D eigenvalue weighted by atomic mass is 9.78. The first-order valence-electron chi connectivity index (χ1n) is 9.76. The van der Waals surface area contributed by atoms with Crippen molar-refractivity contribution in [3.63, 3.8) is 0 Å². The molecule has 0 unspecified atom stereocenters. The zero-order chi connectivity index (χ0) is 21.2. The van der Waals surface area contributed by atoms with Crippen molar-refractivity contribution in [3.8, 4) is 17.6 Å². The average molecular weight is 400 g/mol. The van der Waals surface area contributed by atoms with E-state index >= 15 is 0 Å².